The molecule has 0 bridgehead atoms. The number of methoxy groups -OCH3 is 1. The molecular formula is C23H25N3O4. The van der Waals surface area contributed by atoms with E-state index in [1.807, 2.05) is 30.3 Å². The first-order valence-electron chi connectivity index (χ1n) is 10.1. The molecule has 4 rings (SSSR count). The van der Waals surface area contributed by atoms with Crippen LogP contribution in [0.3, 0.4) is 0 Å². The Morgan fingerprint density at radius 2 is 1.67 bits per heavy atom. The van der Waals surface area contributed by atoms with Gasteiger partial charge in [0.1, 0.15) is 6.54 Å². The zero-order chi connectivity index (χ0) is 21.1. The minimum absolute atomic E-state index is 0.0770. The van der Waals surface area contributed by atoms with Crippen molar-refractivity contribution in [2.45, 2.75) is 25.4 Å². The van der Waals surface area contributed by atoms with Crippen molar-refractivity contribution in [1.82, 2.24) is 9.80 Å². The van der Waals surface area contributed by atoms with E-state index in [0.717, 1.165) is 38.0 Å². The van der Waals surface area contributed by atoms with Gasteiger partial charge in [-0.25, -0.2) is 14.5 Å². The van der Waals surface area contributed by atoms with Crippen molar-refractivity contribution in [3.05, 3.63) is 65.7 Å². The summed E-state index contributed by atoms with van der Waals surface area (Å²) in [5.74, 6) is -0.504. The molecule has 2 aromatic carbocycles. The van der Waals surface area contributed by atoms with Crippen LogP contribution in [0.5, 0.6) is 0 Å². The summed E-state index contributed by atoms with van der Waals surface area (Å²) in [6.07, 6.45) is 1.67. The number of para-hydroxylation sites is 1. The maximum absolute atomic E-state index is 12.9. The van der Waals surface area contributed by atoms with Crippen LogP contribution in [-0.4, -0.2) is 60.5 Å². The van der Waals surface area contributed by atoms with Gasteiger partial charge in [-0.1, -0.05) is 30.3 Å². The summed E-state index contributed by atoms with van der Waals surface area (Å²) in [5, 5.41) is 0. The molecule has 2 aromatic rings. The molecular weight excluding hydrogens is 382 g/mol. The number of urea groups is 1. The largest absolute Gasteiger partial charge is 0.465 e. The van der Waals surface area contributed by atoms with Crippen LogP contribution in [0.25, 0.3) is 0 Å². The monoisotopic (exact) mass is 407 g/mol. The van der Waals surface area contributed by atoms with E-state index in [0.29, 0.717) is 11.3 Å². The maximum Gasteiger partial charge on any atom is 0.337 e. The van der Waals surface area contributed by atoms with Crippen molar-refractivity contribution in [2.24, 2.45) is 0 Å². The number of imide groups is 1. The van der Waals surface area contributed by atoms with Gasteiger partial charge in [0, 0.05) is 25.7 Å². The number of carbonyl (C=O) groups is 3. The highest BCUT2D eigenvalue weighted by Crippen LogP contribution is 2.26. The summed E-state index contributed by atoms with van der Waals surface area (Å²) in [4.78, 5) is 42.2. The van der Waals surface area contributed by atoms with Crippen LogP contribution < -0.4 is 4.90 Å². The summed E-state index contributed by atoms with van der Waals surface area (Å²) >= 11 is 0. The first kappa shape index (κ1) is 20.1. The van der Waals surface area contributed by atoms with Gasteiger partial charge in [-0.3, -0.25) is 9.69 Å². The van der Waals surface area contributed by atoms with Crippen molar-refractivity contribution >= 4 is 23.6 Å². The molecule has 2 heterocycles. The van der Waals surface area contributed by atoms with Crippen molar-refractivity contribution in [2.75, 3.05) is 31.6 Å². The molecule has 7 nitrogen and oxygen atoms in total. The Balaban J connectivity index is 1.33. The molecule has 0 atom stereocenters. The molecule has 2 saturated heterocycles. The number of carbonyl (C=O) groups excluding carboxylic acids is 3. The number of ether oxygens (including phenoxy) is 1. The average Bonchev–Trinajstić information content (AvgIpc) is 3.08. The summed E-state index contributed by atoms with van der Waals surface area (Å²) in [6.45, 7) is 2.64. The minimum Gasteiger partial charge on any atom is -0.465 e. The molecule has 0 N–H and O–H groups in total. The van der Waals surface area contributed by atoms with E-state index in [9.17, 15) is 14.4 Å². The number of likely N-dealkylation sites (tertiary alicyclic amines) is 1. The fourth-order valence-corrected chi connectivity index (χ4v) is 4.15. The van der Waals surface area contributed by atoms with Crippen molar-refractivity contribution in [3.8, 4) is 0 Å². The fraction of sp³-hybridized carbons (Fsp3) is 0.348. The summed E-state index contributed by atoms with van der Waals surface area (Å²) in [6, 6.07) is 16.4. The SMILES string of the molecule is COC(=O)c1ccc(CN2CCC(N3CC(=O)N(c4ccccc4)C3=O)CC2)cc1. The number of benzene rings is 2. The molecule has 2 aliphatic heterocycles. The number of anilines is 1. The lowest BCUT2D eigenvalue weighted by Gasteiger charge is -2.36. The number of esters is 1. The third-order valence-corrected chi connectivity index (χ3v) is 5.79. The molecule has 3 amide bonds. The van der Waals surface area contributed by atoms with Crippen LogP contribution in [0, 0.1) is 0 Å². The molecule has 7 heteroatoms. The van der Waals surface area contributed by atoms with Crippen LogP contribution in [0.4, 0.5) is 10.5 Å². The average molecular weight is 407 g/mol. The standard InChI is InChI=1S/C23H25N3O4/c1-30-22(28)18-9-7-17(8-10-18)15-24-13-11-19(12-14-24)25-16-21(27)26(23(25)29)20-5-3-2-4-6-20/h2-10,19H,11-16H2,1H3. The van der Waals surface area contributed by atoms with Gasteiger partial charge in [0.2, 0.25) is 0 Å². The Kier molecular flexibility index (Phi) is 5.81. The quantitative estimate of drug-likeness (QED) is 0.563. The Hall–Kier alpha value is -3.19. The Morgan fingerprint density at radius 3 is 2.30 bits per heavy atom. The van der Waals surface area contributed by atoms with Crippen LogP contribution in [0.15, 0.2) is 54.6 Å². The van der Waals surface area contributed by atoms with Crippen molar-refractivity contribution in [3.63, 3.8) is 0 Å². The van der Waals surface area contributed by atoms with Crippen molar-refractivity contribution in [1.29, 1.82) is 0 Å². The predicted octanol–water partition coefficient (Wildman–Crippen LogP) is 2.91. The molecule has 30 heavy (non-hydrogen) atoms. The highest BCUT2D eigenvalue weighted by atomic mass is 16.5. The lowest BCUT2D eigenvalue weighted by Crippen LogP contribution is -2.46. The van der Waals surface area contributed by atoms with Crippen LogP contribution in [-0.2, 0) is 16.1 Å². The van der Waals surface area contributed by atoms with E-state index in [2.05, 4.69) is 4.90 Å². The van der Waals surface area contributed by atoms with Gasteiger partial charge in [-0.05, 0) is 42.7 Å². The Morgan fingerprint density at radius 1 is 1.00 bits per heavy atom. The Labute approximate surface area is 175 Å². The van der Waals surface area contributed by atoms with Gasteiger partial charge in [0.05, 0.1) is 18.4 Å². The summed E-state index contributed by atoms with van der Waals surface area (Å²) < 4.78 is 4.73. The van der Waals surface area contributed by atoms with E-state index >= 15 is 0 Å². The van der Waals surface area contributed by atoms with E-state index in [1.54, 1.807) is 29.2 Å². The first-order chi connectivity index (χ1) is 14.6. The molecule has 2 fully saturated rings. The molecule has 0 saturated carbocycles. The van der Waals surface area contributed by atoms with Gasteiger partial charge in [0.25, 0.3) is 5.91 Å². The number of amides is 3. The predicted molar refractivity (Wildman–Crippen MR) is 112 cm³/mol. The van der Waals surface area contributed by atoms with Crippen LogP contribution >= 0.6 is 0 Å². The smallest absolute Gasteiger partial charge is 0.337 e. The van der Waals surface area contributed by atoms with Gasteiger partial charge in [-0.2, -0.15) is 0 Å². The fourth-order valence-electron chi connectivity index (χ4n) is 4.15. The summed E-state index contributed by atoms with van der Waals surface area (Å²) in [5.41, 5.74) is 2.30. The number of hydrogen-bond donors (Lipinski definition) is 0. The topological polar surface area (TPSA) is 70.2 Å². The molecule has 0 radical (unpaired) electrons. The number of rotatable bonds is 5. The number of nitrogens with zero attached hydrogens (tertiary/aromatic N) is 3. The van der Waals surface area contributed by atoms with E-state index < -0.39 is 0 Å². The minimum atomic E-state index is -0.336. The lowest BCUT2D eigenvalue weighted by atomic mass is 10.0. The molecule has 0 spiro atoms. The van der Waals surface area contributed by atoms with Crippen LogP contribution in [0.1, 0.15) is 28.8 Å². The molecule has 156 valence electrons. The third-order valence-electron chi connectivity index (χ3n) is 5.79. The van der Waals surface area contributed by atoms with Crippen molar-refractivity contribution < 1.29 is 19.1 Å². The third kappa shape index (κ3) is 4.07. The van der Waals surface area contributed by atoms with Gasteiger partial charge >= 0.3 is 12.0 Å². The van der Waals surface area contributed by atoms with Gasteiger partial charge < -0.3 is 9.64 Å². The molecule has 0 unspecified atom stereocenters. The molecule has 0 aliphatic carbocycles. The molecule has 2 aliphatic rings. The first-order valence-corrected chi connectivity index (χ1v) is 10.1. The normalized spacial score (nSPS) is 18.2. The second kappa shape index (κ2) is 8.67. The number of hydrogen-bond acceptors (Lipinski definition) is 5. The highest BCUT2D eigenvalue weighted by molar-refractivity contribution is 6.19. The highest BCUT2D eigenvalue weighted by Gasteiger charge is 2.41. The van der Waals surface area contributed by atoms with Gasteiger partial charge in [-0.15, -0.1) is 0 Å². The lowest BCUT2D eigenvalue weighted by molar-refractivity contribution is -0.116. The molecule has 0 aromatic heterocycles. The zero-order valence-corrected chi connectivity index (χ0v) is 17.0. The second-order valence-corrected chi connectivity index (χ2v) is 7.67. The maximum atomic E-state index is 12.9. The van der Waals surface area contributed by atoms with Crippen LogP contribution in [0.2, 0.25) is 0 Å². The van der Waals surface area contributed by atoms with E-state index in [4.69, 9.17) is 4.74 Å². The second-order valence-electron chi connectivity index (χ2n) is 7.67. The summed E-state index contributed by atoms with van der Waals surface area (Å²) in [7, 11) is 1.37. The Bertz CT molecular complexity index is 921. The van der Waals surface area contributed by atoms with E-state index in [1.165, 1.54) is 12.0 Å². The zero-order valence-electron chi connectivity index (χ0n) is 17.0. The van der Waals surface area contributed by atoms with E-state index in [-0.39, 0.29) is 30.5 Å². The number of piperidine rings is 1. The van der Waals surface area contributed by atoms with Gasteiger partial charge in [0.15, 0.2) is 0 Å².